The van der Waals surface area contributed by atoms with E-state index < -0.39 is 32.6 Å². The number of benzene rings is 1. The van der Waals surface area contributed by atoms with E-state index in [1.165, 1.54) is 0 Å². The zero-order valence-electron chi connectivity index (χ0n) is 11.1. The third-order valence-electron chi connectivity index (χ3n) is 3.39. The predicted octanol–water partition coefficient (Wildman–Crippen LogP) is 0.228. The van der Waals surface area contributed by atoms with Gasteiger partial charge in [-0.25, -0.2) is 17.2 Å². The van der Waals surface area contributed by atoms with Gasteiger partial charge in [0.1, 0.15) is 11.6 Å². The van der Waals surface area contributed by atoms with Crippen LogP contribution in [-0.4, -0.2) is 56.9 Å². The third kappa shape index (κ3) is 2.69. The number of likely N-dealkylation sites (N-methyl/N-ethyl adjacent to an activating group) is 1. The molecule has 1 unspecified atom stereocenters. The van der Waals surface area contributed by atoms with E-state index in [2.05, 4.69) is 0 Å². The first-order valence-corrected chi connectivity index (χ1v) is 7.66. The van der Waals surface area contributed by atoms with Crippen molar-refractivity contribution in [2.45, 2.75) is 10.9 Å². The molecule has 0 radical (unpaired) electrons. The molecule has 1 saturated heterocycles. The monoisotopic (exact) mass is 305 g/mol. The lowest BCUT2D eigenvalue weighted by molar-refractivity contribution is 0.163. The highest BCUT2D eigenvalue weighted by molar-refractivity contribution is 7.89. The second-order valence-corrected chi connectivity index (χ2v) is 6.65. The molecule has 0 aliphatic carbocycles. The zero-order chi connectivity index (χ0) is 14.9. The Morgan fingerprint density at radius 2 is 1.90 bits per heavy atom. The molecule has 0 aromatic heterocycles. The highest BCUT2D eigenvalue weighted by Crippen LogP contribution is 2.25. The van der Waals surface area contributed by atoms with E-state index in [1.807, 2.05) is 11.9 Å². The number of nitrogens with two attached hydrogens (primary N) is 1. The fraction of sp³-hybridized carbons (Fsp3) is 0.500. The van der Waals surface area contributed by atoms with Crippen LogP contribution >= 0.6 is 0 Å². The van der Waals surface area contributed by atoms with Gasteiger partial charge in [0.25, 0.3) is 0 Å². The molecular formula is C12H17F2N3O2S. The van der Waals surface area contributed by atoms with Crippen molar-refractivity contribution in [3.05, 3.63) is 29.8 Å². The van der Waals surface area contributed by atoms with E-state index >= 15 is 0 Å². The van der Waals surface area contributed by atoms with Crippen molar-refractivity contribution in [1.29, 1.82) is 0 Å². The van der Waals surface area contributed by atoms with Crippen LogP contribution in [0.2, 0.25) is 0 Å². The van der Waals surface area contributed by atoms with Gasteiger partial charge in [-0.2, -0.15) is 4.31 Å². The second kappa shape index (κ2) is 5.72. The van der Waals surface area contributed by atoms with Crippen molar-refractivity contribution >= 4 is 10.0 Å². The fourth-order valence-corrected chi connectivity index (χ4v) is 4.08. The average molecular weight is 305 g/mol. The molecule has 1 fully saturated rings. The lowest BCUT2D eigenvalue weighted by Gasteiger charge is -2.38. The molecule has 0 bridgehead atoms. The Hall–Kier alpha value is -1.09. The Morgan fingerprint density at radius 1 is 1.30 bits per heavy atom. The van der Waals surface area contributed by atoms with Gasteiger partial charge in [0, 0.05) is 26.2 Å². The highest BCUT2D eigenvalue weighted by Gasteiger charge is 2.37. The summed E-state index contributed by atoms with van der Waals surface area (Å²) in [5.74, 6) is -2.17. The molecule has 0 amide bonds. The number of nitrogens with zero attached hydrogens (tertiary/aromatic N) is 2. The number of hydrogen-bond donors (Lipinski definition) is 1. The van der Waals surface area contributed by atoms with Crippen LogP contribution in [0, 0.1) is 11.6 Å². The summed E-state index contributed by atoms with van der Waals surface area (Å²) in [6, 6.07) is 2.51. The van der Waals surface area contributed by atoms with Gasteiger partial charge < -0.3 is 10.6 Å². The minimum atomic E-state index is -4.23. The number of rotatable bonds is 3. The van der Waals surface area contributed by atoms with Crippen LogP contribution in [-0.2, 0) is 10.0 Å². The summed E-state index contributed by atoms with van der Waals surface area (Å²) in [5.41, 5.74) is 5.59. The quantitative estimate of drug-likeness (QED) is 0.868. The Balaban J connectivity index is 2.44. The normalized spacial score (nSPS) is 22.1. The first kappa shape index (κ1) is 15.3. The van der Waals surface area contributed by atoms with Crippen molar-refractivity contribution in [2.75, 3.05) is 33.2 Å². The van der Waals surface area contributed by atoms with Gasteiger partial charge in [0.15, 0.2) is 4.90 Å². The zero-order valence-corrected chi connectivity index (χ0v) is 11.9. The maximum Gasteiger partial charge on any atom is 0.249 e. The van der Waals surface area contributed by atoms with Crippen LogP contribution < -0.4 is 5.73 Å². The van der Waals surface area contributed by atoms with E-state index in [-0.39, 0.29) is 13.1 Å². The smallest absolute Gasteiger partial charge is 0.249 e. The molecule has 1 aromatic rings. The Bertz CT molecular complexity index is 574. The lowest BCUT2D eigenvalue weighted by Crippen LogP contribution is -2.56. The molecule has 20 heavy (non-hydrogen) atoms. The van der Waals surface area contributed by atoms with Gasteiger partial charge in [-0.3, -0.25) is 0 Å². The molecule has 5 nitrogen and oxygen atoms in total. The maximum absolute atomic E-state index is 13.7. The number of hydrogen-bond acceptors (Lipinski definition) is 4. The van der Waals surface area contributed by atoms with Crippen LogP contribution in [0.3, 0.4) is 0 Å². The van der Waals surface area contributed by atoms with Gasteiger partial charge in [-0.05, 0) is 19.2 Å². The molecule has 1 aliphatic rings. The third-order valence-corrected chi connectivity index (χ3v) is 5.39. The molecule has 112 valence electrons. The molecule has 1 heterocycles. The SMILES string of the molecule is CN1CCN(S(=O)(=O)c2c(F)cccc2F)C(CN)C1. The van der Waals surface area contributed by atoms with Gasteiger partial charge in [0.05, 0.1) is 6.04 Å². The Kier molecular flexibility index (Phi) is 4.38. The molecular weight excluding hydrogens is 288 g/mol. The van der Waals surface area contributed by atoms with Crippen molar-refractivity contribution < 1.29 is 17.2 Å². The second-order valence-electron chi connectivity index (χ2n) is 4.82. The van der Waals surface area contributed by atoms with Crippen LogP contribution in [0.15, 0.2) is 23.1 Å². The van der Waals surface area contributed by atoms with E-state index in [1.54, 1.807) is 0 Å². The topological polar surface area (TPSA) is 66.6 Å². The highest BCUT2D eigenvalue weighted by atomic mass is 32.2. The molecule has 1 atom stereocenters. The van der Waals surface area contributed by atoms with E-state index in [0.29, 0.717) is 13.1 Å². The van der Waals surface area contributed by atoms with Crippen molar-refractivity contribution in [2.24, 2.45) is 5.73 Å². The summed E-state index contributed by atoms with van der Waals surface area (Å²) in [7, 11) is -2.39. The summed E-state index contributed by atoms with van der Waals surface area (Å²) in [6.45, 7) is 1.19. The average Bonchev–Trinajstić information content (AvgIpc) is 2.37. The van der Waals surface area contributed by atoms with Gasteiger partial charge >= 0.3 is 0 Å². The summed E-state index contributed by atoms with van der Waals surface area (Å²) in [4.78, 5) is 1.03. The standard InChI is InChI=1S/C12H17F2N3O2S/c1-16-5-6-17(9(7-15)8-16)20(18,19)12-10(13)3-2-4-11(12)14/h2-4,9H,5-8,15H2,1H3. The van der Waals surface area contributed by atoms with E-state index in [4.69, 9.17) is 5.73 Å². The summed E-state index contributed by atoms with van der Waals surface area (Å²) in [5, 5.41) is 0. The minimum Gasteiger partial charge on any atom is -0.329 e. The minimum absolute atomic E-state index is 0.0969. The van der Waals surface area contributed by atoms with Gasteiger partial charge in [0.2, 0.25) is 10.0 Å². The summed E-state index contributed by atoms with van der Waals surface area (Å²) >= 11 is 0. The molecule has 2 rings (SSSR count). The van der Waals surface area contributed by atoms with Crippen molar-refractivity contribution in [1.82, 2.24) is 9.21 Å². The summed E-state index contributed by atoms with van der Waals surface area (Å²) in [6.07, 6.45) is 0. The van der Waals surface area contributed by atoms with Gasteiger partial charge in [-0.15, -0.1) is 0 Å². The lowest BCUT2D eigenvalue weighted by atomic mass is 10.2. The van der Waals surface area contributed by atoms with Crippen LogP contribution in [0.4, 0.5) is 8.78 Å². The molecule has 0 saturated carbocycles. The molecule has 0 spiro atoms. The maximum atomic E-state index is 13.7. The van der Waals surface area contributed by atoms with Crippen LogP contribution in [0.25, 0.3) is 0 Å². The van der Waals surface area contributed by atoms with Crippen molar-refractivity contribution in [3.63, 3.8) is 0 Å². The summed E-state index contributed by atoms with van der Waals surface area (Å²) < 4.78 is 53.5. The van der Waals surface area contributed by atoms with E-state index in [0.717, 1.165) is 22.5 Å². The molecule has 1 aromatic carbocycles. The van der Waals surface area contributed by atoms with Gasteiger partial charge in [-0.1, -0.05) is 6.07 Å². The number of halogens is 2. The van der Waals surface area contributed by atoms with Crippen molar-refractivity contribution in [3.8, 4) is 0 Å². The molecule has 1 aliphatic heterocycles. The molecule has 2 N–H and O–H groups in total. The fourth-order valence-electron chi connectivity index (χ4n) is 2.35. The Morgan fingerprint density at radius 3 is 2.45 bits per heavy atom. The predicted molar refractivity (Wildman–Crippen MR) is 70.6 cm³/mol. The Labute approximate surface area is 117 Å². The molecule has 8 heteroatoms. The number of piperazine rings is 1. The van der Waals surface area contributed by atoms with Crippen LogP contribution in [0.1, 0.15) is 0 Å². The first-order chi connectivity index (χ1) is 9.37. The van der Waals surface area contributed by atoms with Crippen LogP contribution in [0.5, 0.6) is 0 Å². The van der Waals surface area contributed by atoms with E-state index in [9.17, 15) is 17.2 Å². The number of sulfonamides is 1. The largest absolute Gasteiger partial charge is 0.329 e. The first-order valence-electron chi connectivity index (χ1n) is 6.22.